The molecule has 0 aromatic rings. The average molecular weight is 221 g/mol. The Hall–Kier alpha value is -1.62. The predicted molar refractivity (Wildman–Crippen MR) is 41.2 cm³/mol. The van der Waals surface area contributed by atoms with Crippen molar-refractivity contribution in [3.8, 4) is 6.07 Å². The molecule has 82 valence electrons. The number of carbonyl (C=O) groups is 1. The van der Waals surface area contributed by atoms with Gasteiger partial charge in [-0.05, 0) is 0 Å². The lowest BCUT2D eigenvalue weighted by atomic mass is 10.1. The Labute approximate surface area is 82.4 Å². The van der Waals surface area contributed by atoms with Gasteiger partial charge in [0.15, 0.2) is 0 Å². The minimum absolute atomic E-state index is 0.101. The molecule has 5 nitrogen and oxygen atoms in total. The number of carbonyl (C=O) groups excluding carboxylic acids is 1. The van der Waals surface area contributed by atoms with Gasteiger partial charge < -0.3 is 5.11 Å². The zero-order valence-corrected chi connectivity index (χ0v) is 7.32. The molecule has 8 heteroatoms. The Morgan fingerprint density at radius 2 is 2.33 bits per heavy atom. The van der Waals surface area contributed by atoms with Crippen molar-refractivity contribution in [2.45, 2.75) is 24.7 Å². The summed E-state index contributed by atoms with van der Waals surface area (Å²) < 4.78 is 37.2. The number of hydrazone groups is 1. The number of amides is 1. The van der Waals surface area contributed by atoms with Crippen LogP contribution in [-0.2, 0) is 4.79 Å². The third-order valence-electron chi connectivity index (χ3n) is 1.84. The van der Waals surface area contributed by atoms with Crippen molar-refractivity contribution in [1.29, 1.82) is 5.26 Å². The minimum Gasteiger partial charge on any atom is -0.362 e. The summed E-state index contributed by atoms with van der Waals surface area (Å²) >= 11 is 0. The van der Waals surface area contributed by atoms with E-state index in [0.29, 0.717) is 0 Å². The van der Waals surface area contributed by atoms with Gasteiger partial charge in [0.1, 0.15) is 6.42 Å². The lowest BCUT2D eigenvalue weighted by Crippen LogP contribution is -2.56. The number of halogens is 3. The summed E-state index contributed by atoms with van der Waals surface area (Å²) in [5.74, 6) is -1.19. The maximum atomic E-state index is 12.4. The van der Waals surface area contributed by atoms with Gasteiger partial charge in [-0.1, -0.05) is 0 Å². The molecule has 0 bridgehead atoms. The second-order valence-corrected chi connectivity index (χ2v) is 2.86. The first-order valence-corrected chi connectivity index (χ1v) is 3.84. The fourth-order valence-electron chi connectivity index (χ4n) is 1.08. The molecule has 1 aliphatic rings. The molecule has 0 fully saturated rings. The first-order valence-electron chi connectivity index (χ1n) is 3.84. The Morgan fingerprint density at radius 3 is 2.80 bits per heavy atom. The Kier molecular flexibility index (Phi) is 2.68. The van der Waals surface area contributed by atoms with Crippen LogP contribution in [0.25, 0.3) is 0 Å². The molecule has 1 rings (SSSR count). The van der Waals surface area contributed by atoms with E-state index in [0.717, 1.165) is 6.21 Å². The van der Waals surface area contributed by atoms with Crippen molar-refractivity contribution < 1.29 is 23.1 Å². The molecule has 1 N–H and O–H groups in total. The van der Waals surface area contributed by atoms with Gasteiger partial charge in [-0.25, -0.2) is 0 Å². The van der Waals surface area contributed by atoms with Crippen molar-refractivity contribution in [3.63, 3.8) is 0 Å². The van der Waals surface area contributed by atoms with Crippen molar-refractivity contribution in [2.24, 2.45) is 5.10 Å². The molecule has 0 unspecified atom stereocenters. The fourth-order valence-corrected chi connectivity index (χ4v) is 1.08. The zero-order chi connectivity index (χ0) is 11.7. The zero-order valence-electron chi connectivity index (χ0n) is 7.32. The molecule has 0 radical (unpaired) electrons. The number of nitriles is 1. The average Bonchev–Trinajstić information content (AvgIpc) is 2.48. The molecule has 1 amide bonds. The van der Waals surface area contributed by atoms with Crippen LogP contribution in [0.1, 0.15) is 12.8 Å². The standard InChI is InChI=1S/C7H6F3N3O2/c8-7(9,10)6(15)2-4-12-13(6)5(14)1-3-11/h4,15H,1-2H2/t6-/m0/s1. The molecule has 1 aliphatic heterocycles. The third-order valence-corrected chi connectivity index (χ3v) is 1.84. The van der Waals surface area contributed by atoms with Crippen molar-refractivity contribution in [1.82, 2.24) is 5.01 Å². The first kappa shape index (κ1) is 11.5. The topological polar surface area (TPSA) is 76.7 Å². The lowest BCUT2D eigenvalue weighted by molar-refractivity contribution is -0.302. The van der Waals surface area contributed by atoms with Crippen LogP contribution >= 0.6 is 0 Å². The van der Waals surface area contributed by atoms with Crippen molar-refractivity contribution in [2.75, 3.05) is 0 Å². The van der Waals surface area contributed by atoms with Gasteiger partial charge in [-0.3, -0.25) is 4.79 Å². The van der Waals surface area contributed by atoms with E-state index in [-0.39, 0.29) is 5.01 Å². The molecule has 0 spiro atoms. The summed E-state index contributed by atoms with van der Waals surface area (Å²) in [5, 5.41) is 20.4. The van der Waals surface area contributed by atoms with Crippen LogP contribution in [-0.4, -0.2) is 34.1 Å². The van der Waals surface area contributed by atoms with Gasteiger partial charge in [0.05, 0.1) is 6.07 Å². The van der Waals surface area contributed by atoms with E-state index in [4.69, 9.17) is 5.26 Å². The van der Waals surface area contributed by atoms with Gasteiger partial charge in [0.2, 0.25) is 0 Å². The Bertz CT molecular complexity index is 346. The monoisotopic (exact) mass is 221 g/mol. The summed E-state index contributed by atoms with van der Waals surface area (Å²) in [4.78, 5) is 11.0. The van der Waals surface area contributed by atoms with E-state index in [1.807, 2.05) is 0 Å². The van der Waals surface area contributed by atoms with Crippen LogP contribution < -0.4 is 0 Å². The summed E-state index contributed by atoms with van der Waals surface area (Å²) in [6.07, 6.45) is -5.82. The maximum absolute atomic E-state index is 12.4. The van der Waals surface area contributed by atoms with Crippen LogP contribution in [0.2, 0.25) is 0 Å². The number of hydrogen-bond donors (Lipinski definition) is 1. The molecular weight excluding hydrogens is 215 g/mol. The molecule has 1 atom stereocenters. The summed E-state index contributed by atoms with van der Waals surface area (Å²) in [7, 11) is 0. The number of hydrogen-bond acceptors (Lipinski definition) is 4. The van der Waals surface area contributed by atoms with Gasteiger partial charge >= 0.3 is 6.18 Å². The Morgan fingerprint density at radius 1 is 1.73 bits per heavy atom. The highest BCUT2D eigenvalue weighted by molar-refractivity contribution is 5.81. The minimum atomic E-state index is -5.01. The highest BCUT2D eigenvalue weighted by atomic mass is 19.4. The molecule has 0 aliphatic carbocycles. The molecule has 0 saturated heterocycles. The smallest absolute Gasteiger partial charge is 0.362 e. The summed E-state index contributed by atoms with van der Waals surface area (Å²) in [5.41, 5.74) is -3.32. The van der Waals surface area contributed by atoms with Crippen LogP contribution in [0.3, 0.4) is 0 Å². The van der Waals surface area contributed by atoms with E-state index >= 15 is 0 Å². The normalized spacial score (nSPS) is 25.4. The molecule has 15 heavy (non-hydrogen) atoms. The van der Waals surface area contributed by atoms with Gasteiger partial charge in [0, 0.05) is 12.6 Å². The Balaban J connectivity index is 2.95. The largest absolute Gasteiger partial charge is 0.438 e. The quantitative estimate of drug-likeness (QED) is 0.694. The first-order chi connectivity index (χ1) is 6.83. The third kappa shape index (κ3) is 1.78. The van der Waals surface area contributed by atoms with Gasteiger partial charge in [-0.15, -0.1) is 0 Å². The van der Waals surface area contributed by atoms with Crippen LogP contribution in [0.15, 0.2) is 5.10 Å². The summed E-state index contributed by atoms with van der Waals surface area (Å²) in [6.45, 7) is 0. The molecule has 0 saturated carbocycles. The van der Waals surface area contributed by atoms with Crippen molar-refractivity contribution in [3.05, 3.63) is 0 Å². The van der Waals surface area contributed by atoms with Gasteiger partial charge in [0.25, 0.3) is 11.6 Å². The second kappa shape index (κ2) is 3.51. The van der Waals surface area contributed by atoms with E-state index in [1.54, 1.807) is 0 Å². The SMILES string of the molecule is N#CCC(=O)N1N=CC[C@]1(O)C(F)(F)F. The number of nitrogens with zero attached hydrogens (tertiary/aromatic N) is 3. The van der Waals surface area contributed by atoms with Crippen LogP contribution in [0.5, 0.6) is 0 Å². The molecule has 0 aromatic heterocycles. The van der Waals surface area contributed by atoms with E-state index in [2.05, 4.69) is 5.10 Å². The molecule has 1 heterocycles. The summed E-state index contributed by atoms with van der Waals surface area (Å²) in [6, 6.07) is 1.39. The molecular formula is C7H6F3N3O2. The van der Waals surface area contributed by atoms with E-state index in [9.17, 15) is 23.1 Å². The lowest BCUT2D eigenvalue weighted by Gasteiger charge is -2.32. The van der Waals surface area contributed by atoms with Crippen LogP contribution in [0.4, 0.5) is 13.2 Å². The highest BCUT2D eigenvalue weighted by Crippen LogP contribution is 2.38. The highest BCUT2D eigenvalue weighted by Gasteiger charge is 2.61. The molecule has 0 aromatic carbocycles. The van der Waals surface area contributed by atoms with Crippen LogP contribution in [0, 0.1) is 11.3 Å². The maximum Gasteiger partial charge on any atom is 0.438 e. The second-order valence-electron chi connectivity index (χ2n) is 2.86. The number of aliphatic hydroxyl groups is 1. The van der Waals surface area contributed by atoms with Crippen molar-refractivity contribution >= 4 is 12.1 Å². The number of alkyl halides is 3. The van der Waals surface area contributed by atoms with E-state index in [1.165, 1.54) is 6.07 Å². The predicted octanol–water partition coefficient (Wildman–Crippen LogP) is 0.369. The number of rotatable bonds is 1. The van der Waals surface area contributed by atoms with Gasteiger partial charge in [-0.2, -0.15) is 28.5 Å². The van der Waals surface area contributed by atoms with E-state index < -0.39 is 30.7 Å². The fraction of sp³-hybridized carbons (Fsp3) is 0.571.